The normalized spacial score (nSPS) is 12.5. The first-order valence-electron chi connectivity index (χ1n) is 7.92. The van der Waals surface area contributed by atoms with E-state index in [-0.39, 0.29) is 22.7 Å². The largest absolute Gasteiger partial charge is 0.628 e. The van der Waals surface area contributed by atoms with Crippen molar-refractivity contribution >= 4 is 28.9 Å². The molecule has 0 radical (unpaired) electrons. The number of hydrogen-bond acceptors (Lipinski definition) is 5. The number of nitrogens with one attached hydrogen (secondary N) is 2. The summed E-state index contributed by atoms with van der Waals surface area (Å²) in [4.78, 5) is 12.8. The molecule has 1 aliphatic heterocycles. The van der Waals surface area contributed by atoms with Crippen LogP contribution in [0.5, 0.6) is 23.0 Å². The number of halogens is 1. The highest BCUT2D eigenvalue weighted by molar-refractivity contribution is 6.30. The number of benzene rings is 3. The third-order valence-electron chi connectivity index (χ3n) is 3.93. The van der Waals surface area contributed by atoms with Gasteiger partial charge in [0.05, 0.1) is 5.69 Å². The van der Waals surface area contributed by atoms with Crippen molar-refractivity contribution in [2.45, 2.75) is 0 Å². The third kappa shape index (κ3) is 3.44. The van der Waals surface area contributed by atoms with Gasteiger partial charge in [-0.3, -0.25) is 4.79 Å². The zero-order valence-corrected chi connectivity index (χ0v) is 14.4. The van der Waals surface area contributed by atoms with Crippen molar-refractivity contribution in [1.82, 2.24) is 0 Å². The Morgan fingerprint density at radius 3 is 2.48 bits per heavy atom. The minimum atomic E-state index is -1.42. The lowest BCUT2D eigenvalue weighted by atomic mass is 10.1. The maximum Gasteiger partial charge on any atom is 0.263 e. The summed E-state index contributed by atoms with van der Waals surface area (Å²) in [6, 6.07) is 15.7. The van der Waals surface area contributed by atoms with Gasteiger partial charge in [0.2, 0.25) is 0 Å². The summed E-state index contributed by atoms with van der Waals surface area (Å²) in [5.74, 6) is 0.371. The van der Waals surface area contributed by atoms with Crippen LogP contribution < -0.4 is 20.0 Å². The topological polar surface area (TPSA) is 98.1 Å². The zero-order chi connectivity index (χ0) is 19.0. The minimum absolute atomic E-state index is 0.0272. The van der Waals surface area contributed by atoms with Crippen LogP contribution >= 0.6 is 11.6 Å². The summed E-state index contributed by atoms with van der Waals surface area (Å²) < 4.78 is 11.5. The maximum atomic E-state index is 12.8. The first-order valence-corrected chi connectivity index (χ1v) is 8.30. The Kier molecular flexibility index (Phi) is 4.43. The third-order valence-corrected chi connectivity index (χ3v) is 4.18. The van der Waals surface area contributed by atoms with Gasteiger partial charge in [0.25, 0.3) is 5.91 Å². The monoisotopic (exact) mass is 383 g/mol. The molecular weight excluding hydrogens is 372 g/mol. The second-order valence-corrected chi connectivity index (χ2v) is 6.18. The number of anilines is 1. The molecule has 4 rings (SSSR count). The molecular formula is C19H12ClN2O5-. The van der Waals surface area contributed by atoms with Crippen LogP contribution in [0.15, 0.2) is 60.7 Å². The summed E-state index contributed by atoms with van der Waals surface area (Å²) in [5, 5.41) is 24.7. The van der Waals surface area contributed by atoms with Gasteiger partial charge in [0.15, 0.2) is 5.75 Å². The van der Waals surface area contributed by atoms with Gasteiger partial charge in [-0.15, -0.1) is 0 Å². The van der Waals surface area contributed by atoms with E-state index in [0.717, 1.165) is 0 Å². The molecule has 0 unspecified atom stereocenters. The Hall–Kier alpha value is -3.10. The Morgan fingerprint density at radius 2 is 1.74 bits per heavy atom. The summed E-state index contributed by atoms with van der Waals surface area (Å²) >= 11 is 5.87. The summed E-state index contributed by atoms with van der Waals surface area (Å²) in [7, 11) is 0. The lowest BCUT2D eigenvalue weighted by Crippen LogP contribution is -2.96. The second-order valence-electron chi connectivity index (χ2n) is 5.74. The fourth-order valence-electron chi connectivity index (χ4n) is 2.68. The molecule has 27 heavy (non-hydrogen) atoms. The van der Waals surface area contributed by atoms with E-state index in [1.165, 1.54) is 12.1 Å². The molecule has 0 aliphatic carbocycles. The number of carbonyl (C=O) groups is 1. The molecule has 8 heteroatoms. The van der Waals surface area contributed by atoms with Crippen molar-refractivity contribution in [3.63, 3.8) is 0 Å². The molecule has 0 saturated carbocycles. The van der Waals surface area contributed by atoms with E-state index < -0.39 is 11.1 Å². The highest BCUT2D eigenvalue weighted by Crippen LogP contribution is 2.41. The zero-order valence-electron chi connectivity index (χ0n) is 13.7. The second kappa shape index (κ2) is 6.90. The lowest BCUT2D eigenvalue weighted by molar-refractivity contribution is -0.715. The fourth-order valence-corrected chi connectivity index (χ4v) is 2.81. The number of amides is 1. The lowest BCUT2D eigenvalue weighted by Gasteiger charge is -2.26. The van der Waals surface area contributed by atoms with Crippen molar-refractivity contribution in [1.29, 1.82) is 0 Å². The van der Waals surface area contributed by atoms with Gasteiger partial charge in [-0.05, 0) is 36.4 Å². The van der Waals surface area contributed by atoms with Crippen molar-refractivity contribution in [3.05, 3.63) is 81.7 Å². The van der Waals surface area contributed by atoms with E-state index in [0.29, 0.717) is 22.2 Å². The van der Waals surface area contributed by atoms with Crippen molar-refractivity contribution < 1.29 is 19.5 Å². The molecule has 136 valence electrons. The van der Waals surface area contributed by atoms with Crippen molar-refractivity contribution in [2.24, 2.45) is 0 Å². The molecule has 0 atom stereocenters. The van der Waals surface area contributed by atoms with Crippen molar-refractivity contribution in [3.8, 4) is 23.0 Å². The van der Waals surface area contributed by atoms with E-state index >= 15 is 0 Å². The maximum absolute atomic E-state index is 12.8. The molecule has 1 aliphatic rings. The quantitative estimate of drug-likeness (QED) is 0.666. The van der Waals surface area contributed by atoms with Crippen LogP contribution in [-0.2, 0) is 0 Å². The highest BCUT2D eigenvalue weighted by atomic mass is 35.5. The van der Waals surface area contributed by atoms with Gasteiger partial charge in [-0.25, -0.2) is 0 Å². The van der Waals surface area contributed by atoms with Crippen molar-refractivity contribution in [2.75, 3.05) is 5.32 Å². The summed E-state index contributed by atoms with van der Waals surface area (Å²) in [6.45, 7) is 0. The average Bonchev–Trinajstić information content (AvgIpc) is 2.79. The predicted molar refractivity (Wildman–Crippen MR) is 99.8 cm³/mol. The number of hydrogen-bond donors (Lipinski definition) is 2. The van der Waals surface area contributed by atoms with Crippen LogP contribution in [0.4, 0.5) is 11.4 Å². The van der Waals surface area contributed by atoms with E-state index in [1.54, 1.807) is 48.5 Å². The Labute approximate surface area is 158 Å². The van der Waals surface area contributed by atoms with Crippen LogP contribution in [0.2, 0.25) is 5.02 Å². The molecule has 0 bridgehead atoms. The predicted octanol–water partition coefficient (Wildman–Crippen LogP) is 4.00. The Balaban J connectivity index is 1.84. The van der Waals surface area contributed by atoms with E-state index in [2.05, 4.69) is 5.32 Å². The minimum Gasteiger partial charge on any atom is -0.628 e. The molecule has 0 saturated heterocycles. The van der Waals surface area contributed by atoms with E-state index in [9.17, 15) is 15.2 Å². The SMILES string of the molecule is O=C1Nc2ccccc2Oc2cc([NH+]([O-])[O-])cc(Oc3ccc(Cl)cc3)c21. The number of carbonyl (C=O) groups excluding carboxylic acids is 1. The van der Waals surface area contributed by atoms with Crippen LogP contribution in [-0.4, -0.2) is 5.91 Å². The van der Waals surface area contributed by atoms with E-state index in [4.69, 9.17) is 21.1 Å². The first-order chi connectivity index (χ1) is 13.0. The van der Waals surface area contributed by atoms with Gasteiger partial charge < -0.3 is 30.4 Å². The molecule has 0 fully saturated rings. The Bertz CT molecular complexity index is 1020. The molecule has 7 nitrogen and oxygen atoms in total. The van der Waals surface area contributed by atoms with Crippen LogP contribution in [0.25, 0.3) is 0 Å². The molecule has 1 heterocycles. The van der Waals surface area contributed by atoms with Gasteiger partial charge in [0.1, 0.15) is 28.5 Å². The molecule has 3 aromatic carbocycles. The van der Waals surface area contributed by atoms with Gasteiger partial charge in [-0.2, -0.15) is 0 Å². The molecule has 2 N–H and O–H groups in total. The van der Waals surface area contributed by atoms with Gasteiger partial charge in [0, 0.05) is 17.2 Å². The summed E-state index contributed by atoms with van der Waals surface area (Å²) in [6.07, 6.45) is 0. The van der Waals surface area contributed by atoms with Crippen LogP contribution in [0.3, 0.4) is 0 Å². The van der Waals surface area contributed by atoms with Crippen LogP contribution in [0.1, 0.15) is 10.4 Å². The Morgan fingerprint density at radius 1 is 1.00 bits per heavy atom. The smallest absolute Gasteiger partial charge is 0.263 e. The molecule has 0 spiro atoms. The number of para-hydroxylation sites is 2. The fraction of sp³-hybridized carbons (Fsp3) is 0. The summed E-state index contributed by atoms with van der Waals surface area (Å²) in [5.41, 5.74) is 0.363. The number of quaternary nitrogens is 1. The number of ether oxygens (including phenoxy) is 2. The molecule has 1 amide bonds. The molecule has 3 aromatic rings. The number of fused-ring (bicyclic) bond motifs is 2. The van der Waals surface area contributed by atoms with Gasteiger partial charge in [-0.1, -0.05) is 23.7 Å². The standard InChI is InChI=1S/C19H12ClN2O5/c20-11-5-7-13(8-6-11)26-16-9-12(22(24)25)10-17-18(16)19(23)21-14-3-1-2-4-15(14)27-17/h1-10,22H,(H,21,23)/q-1. The van der Waals surface area contributed by atoms with E-state index in [1.807, 2.05) is 0 Å². The van der Waals surface area contributed by atoms with Crippen LogP contribution in [0, 0.1) is 10.4 Å². The highest BCUT2D eigenvalue weighted by Gasteiger charge is 2.27. The average molecular weight is 384 g/mol. The first kappa shape index (κ1) is 17.3. The van der Waals surface area contributed by atoms with Gasteiger partial charge >= 0.3 is 0 Å². The molecule has 0 aromatic heterocycles. The number of rotatable bonds is 3.